The van der Waals surface area contributed by atoms with E-state index in [1.807, 2.05) is 0 Å². The Morgan fingerprint density at radius 2 is 1.79 bits per heavy atom. The third kappa shape index (κ3) is 3.61. The maximum atomic E-state index is 9.27. The van der Waals surface area contributed by atoms with Crippen LogP contribution in [-0.2, 0) is 0 Å². The van der Waals surface area contributed by atoms with Gasteiger partial charge in [-0.2, -0.15) is 0 Å². The van der Waals surface area contributed by atoms with Gasteiger partial charge in [-0.1, -0.05) is 64.6 Å². The van der Waals surface area contributed by atoms with Crippen LogP contribution >= 0.6 is 0 Å². The molecule has 0 aromatic heterocycles. The van der Waals surface area contributed by atoms with E-state index >= 15 is 0 Å². The van der Waals surface area contributed by atoms with Gasteiger partial charge in [0.1, 0.15) is 0 Å². The first-order valence-corrected chi connectivity index (χ1v) is 12.7. The van der Waals surface area contributed by atoms with Crippen LogP contribution in [0.5, 0.6) is 0 Å². The van der Waals surface area contributed by atoms with Crippen molar-refractivity contribution in [2.24, 2.45) is 51.5 Å². The zero-order valence-electron chi connectivity index (χ0n) is 19.7. The van der Waals surface area contributed by atoms with Crippen LogP contribution in [-0.4, -0.2) is 10.9 Å². The molecule has 3 saturated carbocycles. The van der Waals surface area contributed by atoms with E-state index in [0.717, 1.165) is 47.6 Å². The van der Waals surface area contributed by atoms with E-state index in [-0.39, 0.29) is 0 Å². The second kappa shape index (κ2) is 8.04. The Kier molecular flexibility index (Phi) is 5.95. The van der Waals surface area contributed by atoms with Crippen molar-refractivity contribution in [3.05, 3.63) is 11.6 Å². The molecule has 0 bridgehead atoms. The van der Waals surface area contributed by atoms with Crippen molar-refractivity contribution >= 4 is 5.71 Å². The highest BCUT2D eigenvalue weighted by atomic mass is 16.4. The predicted octanol–water partition coefficient (Wildman–Crippen LogP) is 7.86. The summed E-state index contributed by atoms with van der Waals surface area (Å²) in [5.41, 5.74) is 3.45. The Morgan fingerprint density at radius 3 is 2.52 bits per heavy atom. The molecule has 4 rings (SSSR count). The highest BCUT2D eigenvalue weighted by Crippen LogP contribution is 2.67. The number of hydrogen-bond acceptors (Lipinski definition) is 2. The zero-order chi connectivity index (χ0) is 20.8. The summed E-state index contributed by atoms with van der Waals surface area (Å²) >= 11 is 0. The van der Waals surface area contributed by atoms with Crippen molar-refractivity contribution in [3.63, 3.8) is 0 Å². The third-order valence-electron chi connectivity index (χ3n) is 10.3. The van der Waals surface area contributed by atoms with Gasteiger partial charge in [0.25, 0.3) is 0 Å². The van der Waals surface area contributed by atoms with Crippen LogP contribution in [0.25, 0.3) is 0 Å². The van der Waals surface area contributed by atoms with Gasteiger partial charge >= 0.3 is 0 Å². The number of rotatable bonds is 5. The smallest absolute Gasteiger partial charge is 0.0795 e. The fourth-order valence-electron chi connectivity index (χ4n) is 8.67. The lowest BCUT2D eigenvalue weighted by atomic mass is 9.46. The Balaban J connectivity index is 1.49. The summed E-state index contributed by atoms with van der Waals surface area (Å²) < 4.78 is 0. The molecule has 0 unspecified atom stereocenters. The maximum absolute atomic E-state index is 9.27. The van der Waals surface area contributed by atoms with Crippen LogP contribution < -0.4 is 0 Å². The van der Waals surface area contributed by atoms with Gasteiger partial charge in [-0.25, -0.2) is 0 Å². The van der Waals surface area contributed by atoms with Crippen molar-refractivity contribution in [1.29, 1.82) is 0 Å². The van der Waals surface area contributed by atoms with Gasteiger partial charge in [-0.15, -0.1) is 0 Å². The van der Waals surface area contributed by atoms with Crippen molar-refractivity contribution in [2.45, 2.75) is 105 Å². The summed E-state index contributed by atoms with van der Waals surface area (Å²) in [5.74, 6) is 5.43. The fourth-order valence-corrected chi connectivity index (χ4v) is 8.67. The first-order chi connectivity index (χ1) is 13.8. The van der Waals surface area contributed by atoms with Crippen LogP contribution in [0.2, 0.25) is 0 Å². The highest BCUT2D eigenvalue weighted by molar-refractivity contribution is 5.96. The molecule has 0 aliphatic heterocycles. The molecule has 0 radical (unpaired) electrons. The Labute approximate surface area is 179 Å². The SMILES string of the molecule is CC(C)CCC[C@@H](C)[C@H]1CC[C@H]2[C@@H]3CCC4=C/C(=N\O)CC[C@@]4(C)[C@H]3CC[C@@]12C. The van der Waals surface area contributed by atoms with E-state index in [9.17, 15) is 5.21 Å². The summed E-state index contributed by atoms with van der Waals surface area (Å²) in [6.45, 7) is 12.5. The van der Waals surface area contributed by atoms with Crippen molar-refractivity contribution in [3.8, 4) is 0 Å². The monoisotopic (exact) mass is 399 g/mol. The molecule has 4 aliphatic carbocycles. The van der Waals surface area contributed by atoms with Crippen LogP contribution in [0.1, 0.15) is 105 Å². The van der Waals surface area contributed by atoms with Crippen LogP contribution in [0, 0.1) is 46.3 Å². The predicted molar refractivity (Wildman–Crippen MR) is 122 cm³/mol. The number of hydrogen-bond donors (Lipinski definition) is 1. The molecule has 29 heavy (non-hydrogen) atoms. The van der Waals surface area contributed by atoms with Gasteiger partial charge in [0.15, 0.2) is 0 Å². The maximum Gasteiger partial charge on any atom is 0.0795 e. The number of oxime groups is 1. The van der Waals surface area contributed by atoms with Crippen LogP contribution in [0.15, 0.2) is 16.8 Å². The normalized spacial score (nSPS) is 44.2. The van der Waals surface area contributed by atoms with Gasteiger partial charge < -0.3 is 5.21 Å². The van der Waals surface area contributed by atoms with E-state index in [4.69, 9.17) is 0 Å². The average molecular weight is 400 g/mol. The molecule has 0 aromatic rings. The van der Waals surface area contributed by atoms with Crippen LogP contribution in [0.3, 0.4) is 0 Å². The van der Waals surface area contributed by atoms with Gasteiger partial charge in [0.2, 0.25) is 0 Å². The number of allylic oxidation sites excluding steroid dienone is 2. The molecule has 2 heteroatoms. The second-order valence-corrected chi connectivity index (χ2v) is 12.1. The fraction of sp³-hybridized carbons (Fsp3) is 0.889. The first kappa shape index (κ1) is 21.4. The molecule has 7 atom stereocenters. The van der Waals surface area contributed by atoms with Gasteiger partial charge in [-0.05, 0) is 104 Å². The molecule has 0 aromatic carbocycles. The van der Waals surface area contributed by atoms with Gasteiger partial charge in [0, 0.05) is 0 Å². The standard InChI is InChI=1S/C27H45NO/c1-18(2)7-6-8-19(3)23-11-12-24-22-10-9-20-17-21(28-29)13-15-26(20,4)25(22)14-16-27(23,24)5/h17-19,22-25,29H,6-16H2,1-5H3/b28-21-/t19-,22+,23-,24+,25+,26-,27+/m1/s1. The highest BCUT2D eigenvalue weighted by Gasteiger charge is 2.59. The molecule has 2 nitrogen and oxygen atoms in total. The van der Waals surface area contributed by atoms with Crippen molar-refractivity contribution < 1.29 is 5.21 Å². The summed E-state index contributed by atoms with van der Waals surface area (Å²) in [7, 11) is 0. The molecule has 4 aliphatic rings. The summed E-state index contributed by atoms with van der Waals surface area (Å²) in [5, 5.41) is 12.8. The molecular weight excluding hydrogens is 354 g/mol. The van der Waals surface area contributed by atoms with E-state index < -0.39 is 0 Å². The number of nitrogens with zero attached hydrogens (tertiary/aromatic N) is 1. The minimum absolute atomic E-state index is 0.361. The third-order valence-corrected chi connectivity index (χ3v) is 10.3. The van der Waals surface area contributed by atoms with E-state index in [0.29, 0.717) is 10.8 Å². The lowest BCUT2D eigenvalue weighted by molar-refractivity contribution is -0.0574. The minimum Gasteiger partial charge on any atom is -0.411 e. The first-order valence-electron chi connectivity index (χ1n) is 12.7. The molecule has 0 heterocycles. The molecule has 0 spiro atoms. The summed E-state index contributed by atoms with van der Waals surface area (Å²) in [4.78, 5) is 0. The van der Waals surface area contributed by atoms with Crippen molar-refractivity contribution in [1.82, 2.24) is 0 Å². The summed E-state index contributed by atoms with van der Waals surface area (Å²) in [6, 6.07) is 0. The average Bonchev–Trinajstić information content (AvgIpc) is 3.04. The molecule has 0 saturated heterocycles. The Bertz CT molecular complexity index is 663. The minimum atomic E-state index is 0.361. The van der Waals surface area contributed by atoms with Crippen LogP contribution in [0.4, 0.5) is 0 Å². The van der Waals surface area contributed by atoms with Gasteiger partial charge in [-0.3, -0.25) is 0 Å². The van der Waals surface area contributed by atoms with Gasteiger partial charge in [0.05, 0.1) is 5.71 Å². The second-order valence-electron chi connectivity index (χ2n) is 12.1. The van der Waals surface area contributed by atoms with E-state index in [1.54, 1.807) is 5.57 Å². The van der Waals surface area contributed by atoms with E-state index in [1.165, 1.54) is 64.2 Å². The molecule has 3 fully saturated rings. The molecule has 0 amide bonds. The molecule has 1 N–H and O–H groups in total. The number of fused-ring (bicyclic) bond motifs is 5. The topological polar surface area (TPSA) is 32.6 Å². The summed E-state index contributed by atoms with van der Waals surface area (Å²) in [6.07, 6.45) is 17.1. The largest absolute Gasteiger partial charge is 0.411 e. The van der Waals surface area contributed by atoms with E-state index in [2.05, 4.69) is 45.9 Å². The Morgan fingerprint density at radius 1 is 1.00 bits per heavy atom. The zero-order valence-corrected chi connectivity index (χ0v) is 19.7. The lowest BCUT2D eigenvalue weighted by Crippen LogP contribution is -2.51. The molecule has 164 valence electrons. The van der Waals surface area contributed by atoms with Crippen molar-refractivity contribution in [2.75, 3.05) is 0 Å². The molecular formula is C27H45NO. The lowest BCUT2D eigenvalue weighted by Gasteiger charge is -2.58. The Hall–Kier alpha value is -0.790. The quantitative estimate of drug-likeness (QED) is 0.370.